The van der Waals surface area contributed by atoms with Crippen LogP contribution in [0.3, 0.4) is 0 Å². The first kappa shape index (κ1) is 15.1. The molecular weight excluding hydrogens is 324 g/mol. The molecule has 0 spiro atoms. The Morgan fingerprint density at radius 1 is 1.30 bits per heavy atom. The molecule has 20 heavy (non-hydrogen) atoms. The van der Waals surface area contributed by atoms with Gasteiger partial charge in [-0.05, 0) is 28.4 Å². The number of hydrogen-bond acceptors (Lipinski definition) is 3. The minimum absolute atomic E-state index is 0.0270. The number of nitrogens with two attached hydrogens (primary N) is 1. The van der Waals surface area contributed by atoms with Crippen molar-refractivity contribution in [2.24, 2.45) is 12.8 Å². The van der Waals surface area contributed by atoms with Crippen LogP contribution < -0.4 is 5.73 Å². The van der Waals surface area contributed by atoms with Crippen molar-refractivity contribution in [3.63, 3.8) is 0 Å². The second-order valence-corrected chi connectivity index (χ2v) is 5.96. The Morgan fingerprint density at radius 2 is 2.05 bits per heavy atom. The van der Waals surface area contributed by atoms with Crippen LogP contribution >= 0.6 is 15.9 Å². The molecule has 0 atom stereocenters. The van der Waals surface area contributed by atoms with Crippen molar-refractivity contribution < 1.29 is 9.59 Å². The third kappa shape index (κ3) is 3.61. The zero-order valence-electron chi connectivity index (χ0n) is 11.5. The highest BCUT2D eigenvalue weighted by Gasteiger charge is 2.22. The molecule has 0 saturated carbocycles. The molecule has 0 aromatic carbocycles. The fraction of sp³-hybridized carbons (Fsp3) is 0.538. The lowest BCUT2D eigenvalue weighted by atomic mass is 10.3. The van der Waals surface area contributed by atoms with Crippen LogP contribution in [0, 0.1) is 0 Å². The van der Waals surface area contributed by atoms with Crippen molar-refractivity contribution in [1.29, 1.82) is 0 Å². The molecule has 0 bridgehead atoms. The molecule has 2 amide bonds. The van der Waals surface area contributed by atoms with E-state index in [1.807, 2.05) is 33.7 Å². The summed E-state index contributed by atoms with van der Waals surface area (Å²) in [6, 6.07) is 1.83. The summed E-state index contributed by atoms with van der Waals surface area (Å²) in [7, 11) is 1.86. The average molecular weight is 343 g/mol. The third-order valence-electron chi connectivity index (χ3n) is 3.45. The predicted octanol–water partition coefficient (Wildman–Crippen LogP) is 0.421. The Hall–Kier alpha value is -1.34. The number of hydrogen-bond donors (Lipinski definition) is 1. The molecule has 1 aromatic rings. The van der Waals surface area contributed by atoms with Crippen molar-refractivity contribution in [3.05, 3.63) is 22.4 Å². The number of primary amides is 1. The molecule has 6 nitrogen and oxygen atoms in total. The predicted molar refractivity (Wildman–Crippen MR) is 79.3 cm³/mol. The number of amides is 2. The maximum absolute atomic E-state index is 12.5. The van der Waals surface area contributed by atoms with Crippen molar-refractivity contribution in [1.82, 2.24) is 14.4 Å². The topological polar surface area (TPSA) is 71.6 Å². The van der Waals surface area contributed by atoms with E-state index >= 15 is 0 Å². The average Bonchev–Trinajstić information content (AvgIpc) is 2.58. The summed E-state index contributed by atoms with van der Waals surface area (Å²) in [5, 5.41) is 0. The van der Waals surface area contributed by atoms with E-state index in [1.54, 1.807) is 0 Å². The summed E-state index contributed by atoms with van der Waals surface area (Å²) in [4.78, 5) is 27.3. The molecule has 2 heterocycles. The van der Waals surface area contributed by atoms with Gasteiger partial charge in [-0.15, -0.1) is 0 Å². The standard InChI is InChI=1S/C13H19BrN4O2/c1-16-8-10(14)7-11(16)13(20)18-4-2-3-17(5-6-18)9-12(15)19/h7-8H,2-6,9H2,1H3,(H2,15,19). The van der Waals surface area contributed by atoms with Crippen molar-refractivity contribution in [2.45, 2.75) is 6.42 Å². The van der Waals surface area contributed by atoms with Gasteiger partial charge in [-0.1, -0.05) is 0 Å². The highest BCUT2D eigenvalue weighted by Crippen LogP contribution is 2.16. The van der Waals surface area contributed by atoms with Gasteiger partial charge in [-0.3, -0.25) is 14.5 Å². The van der Waals surface area contributed by atoms with Crippen LogP contribution in [0.5, 0.6) is 0 Å². The molecule has 1 fully saturated rings. The molecule has 1 aliphatic heterocycles. The quantitative estimate of drug-likeness (QED) is 0.865. The second kappa shape index (κ2) is 6.41. The van der Waals surface area contributed by atoms with E-state index < -0.39 is 0 Å². The lowest BCUT2D eigenvalue weighted by Gasteiger charge is -2.21. The van der Waals surface area contributed by atoms with Crippen LogP contribution in [0.25, 0.3) is 0 Å². The molecule has 2 rings (SSSR count). The Morgan fingerprint density at radius 3 is 2.65 bits per heavy atom. The molecule has 110 valence electrons. The Kier molecular flexibility index (Phi) is 4.82. The summed E-state index contributed by atoms with van der Waals surface area (Å²) in [5.74, 6) is -0.296. The van der Waals surface area contributed by atoms with E-state index in [-0.39, 0.29) is 18.4 Å². The van der Waals surface area contributed by atoms with E-state index in [9.17, 15) is 9.59 Å². The number of nitrogens with zero attached hydrogens (tertiary/aromatic N) is 3. The molecule has 1 aromatic heterocycles. The molecule has 0 unspecified atom stereocenters. The van der Waals surface area contributed by atoms with Crippen molar-refractivity contribution in [3.8, 4) is 0 Å². The summed E-state index contributed by atoms with van der Waals surface area (Å²) in [6.45, 7) is 3.06. The van der Waals surface area contributed by atoms with Crippen LogP contribution in [0.4, 0.5) is 0 Å². The highest BCUT2D eigenvalue weighted by molar-refractivity contribution is 9.10. The number of rotatable bonds is 3. The Bertz CT molecular complexity index is 514. The Labute approximate surface area is 126 Å². The van der Waals surface area contributed by atoms with Gasteiger partial charge in [0.05, 0.1) is 6.54 Å². The van der Waals surface area contributed by atoms with Gasteiger partial charge in [0.15, 0.2) is 0 Å². The van der Waals surface area contributed by atoms with Gasteiger partial charge >= 0.3 is 0 Å². The molecule has 0 aliphatic carbocycles. The van der Waals surface area contributed by atoms with Gasteiger partial charge in [0.1, 0.15) is 5.69 Å². The zero-order valence-corrected chi connectivity index (χ0v) is 13.1. The monoisotopic (exact) mass is 342 g/mol. The molecule has 1 saturated heterocycles. The fourth-order valence-corrected chi connectivity index (χ4v) is 2.98. The van der Waals surface area contributed by atoms with E-state index in [1.165, 1.54) is 0 Å². The number of carbonyl (C=O) groups is 2. The number of carbonyl (C=O) groups excluding carboxylic acids is 2. The first-order valence-corrected chi connectivity index (χ1v) is 7.38. The molecule has 7 heteroatoms. The van der Waals surface area contributed by atoms with Gasteiger partial charge in [0.2, 0.25) is 5.91 Å². The van der Waals surface area contributed by atoms with Gasteiger partial charge in [0, 0.05) is 43.9 Å². The van der Waals surface area contributed by atoms with Gasteiger partial charge in [-0.2, -0.15) is 0 Å². The molecular formula is C13H19BrN4O2. The molecule has 1 aliphatic rings. The zero-order chi connectivity index (χ0) is 14.7. The third-order valence-corrected chi connectivity index (χ3v) is 3.88. The maximum atomic E-state index is 12.5. The summed E-state index contributed by atoms with van der Waals surface area (Å²) >= 11 is 3.38. The van der Waals surface area contributed by atoms with Gasteiger partial charge in [0.25, 0.3) is 5.91 Å². The van der Waals surface area contributed by atoms with Crippen LogP contribution in [0.2, 0.25) is 0 Å². The van der Waals surface area contributed by atoms with Crippen molar-refractivity contribution >= 4 is 27.7 Å². The first-order valence-electron chi connectivity index (χ1n) is 6.59. The highest BCUT2D eigenvalue weighted by atomic mass is 79.9. The van der Waals surface area contributed by atoms with Gasteiger partial charge in [-0.25, -0.2) is 0 Å². The maximum Gasteiger partial charge on any atom is 0.270 e. The fourth-order valence-electron chi connectivity index (χ4n) is 2.45. The van der Waals surface area contributed by atoms with Crippen LogP contribution in [-0.2, 0) is 11.8 Å². The largest absolute Gasteiger partial charge is 0.369 e. The number of aromatic nitrogens is 1. The molecule has 2 N–H and O–H groups in total. The Balaban J connectivity index is 2.01. The van der Waals surface area contributed by atoms with Crippen molar-refractivity contribution in [2.75, 3.05) is 32.7 Å². The smallest absolute Gasteiger partial charge is 0.270 e. The number of aryl methyl sites for hydroxylation is 1. The second-order valence-electron chi connectivity index (χ2n) is 5.04. The summed E-state index contributed by atoms with van der Waals surface area (Å²) in [6.07, 6.45) is 2.72. The molecule has 0 radical (unpaired) electrons. The SMILES string of the molecule is Cn1cc(Br)cc1C(=O)N1CCCN(CC(N)=O)CC1. The van der Waals surface area contributed by atoms with Crippen LogP contribution in [-0.4, -0.2) is 58.9 Å². The van der Waals surface area contributed by atoms with E-state index in [2.05, 4.69) is 15.9 Å². The first-order chi connectivity index (χ1) is 9.47. The minimum Gasteiger partial charge on any atom is -0.369 e. The number of halogens is 1. The van der Waals surface area contributed by atoms with E-state index in [0.29, 0.717) is 25.3 Å². The normalized spacial score (nSPS) is 17.0. The summed E-state index contributed by atoms with van der Waals surface area (Å²) in [5.41, 5.74) is 5.88. The lowest BCUT2D eigenvalue weighted by molar-refractivity contribution is -0.119. The lowest BCUT2D eigenvalue weighted by Crippen LogP contribution is -2.38. The summed E-state index contributed by atoms with van der Waals surface area (Å²) < 4.78 is 2.71. The van der Waals surface area contributed by atoms with E-state index in [0.717, 1.165) is 17.4 Å². The van der Waals surface area contributed by atoms with Gasteiger partial charge < -0.3 is 15.2 Å². The van der Waals surface area contributed by atoms with Crippen LogP contribution in [0.1, 0.15) is 16.9 Å². The van der Waals surface area contributed by atoms with Crippen LogP contribution in [0.15, 0.2) is 16.7 Å². The minimum atomic E-state index is -0.323. The van der Waals surface area contributed by atoms with E-state index in [4.69, 9.17) is 5.73 Å².